The van der Waals surface area contributed by atoms with Crippen LogP contribution < -0.4 is 0 Å². The number of nitrogens with zero attached hydrogens (tertiary/aromatic N) is 1. The second kappa shape index (κ2) is 6.29. The summed E-state index contributed by atoms with van der Waals surface area (Å²) in [4.78, 5) is 18.2. The normalized spacial score (nSPS) is 17.9. The zero-order chi connectivity index (χ0) is 16.5. The second-order valence-corrected chi connectivity index (χ2v) is 6.59. The molecule has 0 aliphatic carbocycles. The van der Waals surface area contributed by atoms with Crippen molar-refractivity contribution in [1.29, 1.82) is 0 Å². The Balaban J connectivity index is 1.68. The van der Waals surface area contributed by atoms with Crippen molar-refractivity contribution < 1.29 is 9.90 Å². The molecule has 1 amide bonds. The Morgan fingerprint density at radius 2 is 2.08 bits per heavy atom. The Bertz CT molecular complexity index is 884. The molecule has 3 aromatic rings. The number of likely N-dealkylation sites (tertiary alicyclic amines) is 1. The van der Waals surface area contributed by atoms with E-state index in [0.29, 0.717) is 5.69 Å². The van der Waals surface area contributed by atoms with Gasteiger partial charge in [0.25, 0.3) is 5.91 Å². The average Bonchev–Trinajstić information content (AvgIpc) is 3.26. The van der Waals surface area contributed by atoms with Crippen LogP contribution in [0.2, 0.25) is 0 Å². The summed E-state index contributed by atoms with van der Waals surface area (Å²) in [6.45, 7) is 1.00. The maximum absolute atomic E-state index is 13.0. The molecular formula is C20H22N2O2. The van der Waals surface area contributed by atoms with E-state index >= 15 is 0 Å². The molecule has 4 rings (SSSR count). The molecule has 1 saturated heterocycles. The lowest BCUT2D eigenvalue weighted by molar-refractivity contribution is 0.0719. The number of fused-ring (bicyclic) bond motifs is 3. The lowest BCUT2D eigenvalue weighted by atomic mass is 10.1. The monoisotopic (exact) mass is 322 g/mol. The van der Waals surface area contributed by atoms with E-state index < -0.39 is 0 Å². The van der Waals surface area contributed by atoms with Crippen LogP contribution in [0.25, 0.3) is 21.7 Å². The largest absolute Gasteiger partial charge is 0.396 e. The first-order valence-corrected chi connectivity index (χ1v) is 8.70. The molecule has 0 bridgehead atoms. The summed E-state index contributed by atoms with van der Waals surface area (Å²) < 4.78 is 0. The third-order valence-electron chi connectivity index (χ3n) is 5.09. The molecule has 0 spiro atoms. The number of benzene rings is 2. The van der Waals surface area contributed by atoms with Gasteiger partial charge in [0.1, 0.15) is 5.69 Å². The molecule has 2 aromatic carbocycles. The smallest absolute Gasteiger partial charge is 0.270 e. The number of carbonyl (C=O) groups excluding carboxylic acids is 1. The molecule has 1 aromatic heterocycles. The number of aliphatic hydroxyl groups excluding tert-OH is 1. The van der Waals surface area contributed by atoms with Crippen molar-refractivity contribution in [3.05, 3.63) is 48.2 Å². The Morgan fingerprint density at radius 3 is 2.96 bits per heavy atom. The van der Waals surface area contributed by atoms with Gasteiger partial charge in [-0.05, 0) is 48.6 Å². The molecule has 2 N–H and O–H groups in total. The molecule has 1 aliphatic heterocycles. The zero-order valence-electron chi connectivity index (χ0n) is 13.7. The van der Waals surface area contributed by atoms with Gasteiger partial charge in [0.05, 0.1) is 0 Å². The van der Waals surface area contributed by atoms with Crippen LogP contribution in [0.1, 0.15) is 36.2 Å². The molecule has 0 saturated carbocycles. The van der Waals surface area contributed by atoms with E-state index in [1.54, 1.807) is 0 Å². The highest BCUT2D eigenvalue weighted by atomic mass is 16.3. The summed E-state index contributed by atoms with van der Waals surface area (Å²) in [5.74, 6) is 0.0794. The third-order valence-corrected chi connectivity index (χ3v) is 5.09. The van der Waals surface area contributed by atoms with Crippen LogP contribution in [0.3, 0.4) is 0 Å². The number of rotatable bonds is 4. The van der Waals surface area contributed by atoms with E-state index in [1.807, 2.05) is 29.2 Å². The highest BCUT2D eigenvalue weighted by molar-refractivity contribution is 6.09. The summed E-state index contributed by atoms with van der Waals surface area (Å²) in [5.41, 5.74) is 1.67. The topological polar surface area (TPSA) is 56.3 Å². The van der Waals surface area contributed by atoms with Crippen molar-refractivity contribution in [3.63, 3.8) is 0 Å². The zero-order valence-corrected chi connectivity index (χ0v) is 13.7. The highest BCUT2D eigenvalue weighted by Gasteiger charge is 2.29. The predicted octanol–water partition coefficient (Wildman–Crippen LogP) is 3.70. The third kappa shape index (κ3) is 2.57. The number of amides is 1. The summed E-state index contributed by atoms with van der Waals surface area (Å²) in [7, 11) is 0. The molecular weight excluding hydrogens is 300 g/mol. The minimum absolute atomic E-state index is 0.0794. The Hall–Kier alpha value is -2.33. The first-order valence-electron chi connectivity index (χ1n) is 8.70. The average molecular weight is 322 g/mol. The van der Waals surface area contributed by atoms with Gasteiger partial charge >= 0.3 is 0 Å². The van der Waals surface area contributed by atoms with Gasteiger partial charge in [0.2, 0.25) is 0 Å². The summed E-state index contributed by atoms with van der Waals surface area (Å²) >= 11 is 0. The molecule has 2 heterocycles. The first kappa shape index (κ1) is 15.2. The van der Waals surface area contributed by atoms with Crippen LogP contribution in [0.4, 0.5) is 0 Å². The van der Waals surface area contributed by atoms with Gasteiger partial charge in [-0.1, -0.05) is 30.3 Å². The molecule has 1 aliphatic rings. The van der Waals surface area contributed by atoms with Gasteiger partial charge in [0, 0.05) is 30.1 Å². The number of H-pyrrole nitrogens is 1. The van der Waals surface area contributed by atoms with E-state index in [1.165, 1.54) is 10.8 Å². The number of hydrogen-bond donors (Lipinski definition) is 2. The molecule has 24 heavy (non-hydrogen) atoms. The van der Waals surface area contributed by atoms with E-state index in [2.05, 4.69) is 23.2 Å². The maximum atomic E-state index is 13.0. The highest BCUT2D eigenvalue weighted by Crippen LogP contribution is 2.28. The van der Waals surface area contributed by atoms with Crippen molar-refractivity contribution >= 4 is 27.6 Å². The van der Waals surface area contributed by atoms with Gasteiger partial charge in [0.15, 0.2) is 0 Å². The minimum Gasteiger partial charge on any atom is -0.396 e. The van der Waals surface area contributed by atoms with E-state index in [0.717, 1.165) is 43.1 Å². The fourth-order valence-electron chi connectivity index (χ4n) is 3.89. The molecule has 1 unspecified atom stereocenters. The van der Waals surface area contributed by atoms with E-state index in [9.17, 15) is 4.79 Å². The SMILES string of the molecule is O=C(c1cc2c(ccc3ccccc32)[nH]1)N1CCCC1CCCO. The molecule has 4 heteroatoms. The molecule has 0 radical (unpaired) electrons. The predicted molar refractivity (Wildman–Crippen MR) is 96.2 cm³/mol. The quantitative estimate of drug-likeness (QED) is 0.769. The van der Waals surface area contributed by atoms with Gasteiger partial charge in [-0.25, -0.2) is 0 Å². The summed E-state index contributed by atoms with van der Waals surface area (Å²) in [5, 5.41) is 12.5. The van der Waals surface area contributed by atoms with Gasteiger partial charge in [-0.3, -0.25) is 4.79 Å². The first-order chi connectivity index (χ1) is 11.8. The second-order valence-electron chi connectivity index (χ2n) is 6.59. The summed E-state index contributed by atoms with van der Waals surface area (Å²) in [6, 6.07) is 14.6. The van der Waals surface area contributed by atoms with Gasteiger partial charge in [-0.15, -0.1) is 0 Å². The maximum Gasteiger partial charge on any atom is 0.270 e. The van der Waals surface area contributed by atoms with E-state index in [-0.39, 0.29) is 18.6 Å². The Kier molecular flexibility index (Phi) is 3.98. The van der Waals surface area contributed by atoms with Crippen LogP contribution >= 0.6 is 0 Å². The van der Waals surface area contributed by atoms with Crippen molar-refractivity contribution in [1.82, 2.24) is 9.88 Å². The van der Waals surface area contributed by atoms with Crippen LogP contribution in [0, 0.1) is 0 Å². The lowest BCUT2D eigenvalue weighted by Crippen LogP contribution is -2.35. The standard InChI is InChI=1S/C20H22N2O2/c23-12-4-7-15-6-3-11-22(15)20(24)19-13-17-16-8-2-1-5-14(16)9-10-18(17)21-19/h1-2,5,8-10,13,15,21,23H,3-4,6-7,11-12H2. The fourth-order valence-corrected chi connectivity index (χ4v) is 3.89. The molecule has 1 fully saturated rings. The fraction of sp³-hybridized carbons (Fsp3) is 0.350. The number of hydrogen-bond acceptors (Lipinski definition) is 2. The molecule has 4 nitrogen and oxygen atoms in total. The minimum atomic E-state index is 0.0794. The van der Waals surface area contributed by atoms with Crippen LogP contribution in [0.5, 0.6) is 0 Å². The van der Waals surface area contributed by atoms with Crippen molar-refractivity contribution in [2.45, 2.75) is 31.7 Å². The number of aliphatic hydroxyl groups is 1. The van der Waals surface area contributed by atoms with Crippen molar-refractivity contribution in [2.75, 3.05) is 13.2 Å². The Labute approximate surface area is 141 Å². The number of aromatic nitrogens is 1. The molecule has 124 valence electrons. The van der Waals surface area contributed by atoms with Crippen LogP contribution in [-0.2, 0) is 0 Å². The van der Waals surface area contributed by atoms with Gasteiger partial charge < -0.3 is 15.0 Å². The van der Waals surface area contributed by atoms with E-state index in [4.69, 9.17) is 5.11 Å². The Morgan fingerprint density at radius 1 is 1.21 bits per heavy atom. The number of carbonyl (C=O) groups is 1. The number of nitrogens with one attached hydrogen (secondary N) is 1. The molecule has 1 atom stereocenters. The van der Waals surface area contributed by atoms with Crippen LogP contribution in [-0.4, -0.2) is 40.1 Å². The van der Waals surface area contributed by atoms with Gasteiger partial charge in [-0.2, -0.15) is 0 Å². The van der Waals surface area contributed by atoms with Crippen molar-refractivity contribution in [3.8, 4) is 0 Å². The van der Waals surface area contributed by atoms with Crippen molar-refractivity contribution in [2.24, 2.45) is 0 Å². The van der Waals surface area contributed by atoms with Crippen LogP contribution in [0.15, 0.2) is 42.5 Å². The summed E-state index contributed by atoms with van der Waals surface area (Å²) in [6.07, 6.45) is 3.72. The lowest BCUT2D eigenvalue weighted by Gasteiger charge is -2.24. The number of aromatic amines is 1.